The Morgan fingerprint density at radius 3 is 2.69 bits per heavy atom. The van der Waals surface area contributed by atoms with Crippen molar-refractivity contribution in [2.24, 2.45) is 0 Å². The van der Waals surface area contributed by atoms with E-state index in [0.29, 0.717) is 0 Å². The van der Waals surface area contributed by atoms with E-state index in [1.807, 2.05) is 13.8 Å². The van der Waals surface area contributed by atoms with Gasteiger partial charge in [-0.15, -0.1) is 0 Å². The van der Waals surface area contributed by atoms with Crippen molar-refractivity contribution >= 4 is 17.3 Å². The SMILES string of the molecule is CC(C)c1cn(CC(=O)O)c(=O)s1. The third kappa shape index (κ3) is 2.42. The number of rotatable bonds is 3. The van der Waals surface area contributed by atoms with Crippen molar-refractivity contribution in [2.45, 2.75) is 26.3 Å². The standard InChI is InChI=1S/C8H11NO3S/c1-5(2)6-3-9(4-7(10)11)8(12)13-6/h3,5H,4H2,1-2H3,(H,10,11). The maximum absolute atomic E-state index is 11.2. The van der Waals surface area contributed by atoms with E-state index in [-0.39, 0.29) is 17.3 Å². The van der Waals surface area contributed by atoms with Crippen LogP contribution in [0.3, 0.4) is 0 Å². The fraction of sp³-hybridized carbons (Fsp3) is 0.500. The summed E-state index contributed by atoms with van der Waals surface area (Å²) in [5.74, 6) is -0.719. The molecule has 1 aromatic heterocycles. The van der Waals surface area contributed by atoms with Crippen LogP contribution in [0.25, 0.3) is 0 Å². The molecule has 0 aromatic carbocycles. The van der Waals surface area contributed by atoms with Crippen LogP contribution in [-0.4, -0.2) is 15.6 Å². The minimum absolute atomic E-state index is 0.203. The van der Waals surface area contributed by atoms with E-state index < -0.39 is 5.97 Å². The molecule has 13 heavy (non-hydrogen) atoms. The molecule has 4 nitrogen and oxygen atoms in total. The second-order valence-corrected chi connectivity index (χ2v) is 4.10. The van der Waals surface area contributed by atoms with Gasteiger partial charge in [-0.25, -0.2) is 0 Å². The maximum atomic E-state index is 11.2. The Kier molecular flexibility index (Phi) is 2.87. The predicted molar refractivity (Wildman–Crippen MR) is 50.3 cm³/mol. The molecule has 0 fully saturated rings. The van der Waals surface area contributed by atoms with Crippen LogP contribution in [0.1, 0.15) is 24.6 Å². The first-order chi connectivity index (χ1) is 6.00. The Morgan fingerprint density at radius 2 is 2.31 bits per heavy atom. The summed E-state index contributed by atoms with van der Waals surface area (Å²) in [6.07, 6.45) is 1.62. The molecule has 0 amide bonds. The summed E-state index contributed by atoms with van der Waals surface area (Å²) >= 11 is 1.11. The first kappa shape index (κ1) is 9.98. The summed E-state index contributed by atoms with van der Waals surface area (Å²) in [5, 5.41) is 8.48. The van der Waals surface area contributed by atoms with Gasteiger partial charge in [-0.05, 0) is 5.92 Å². The molecular weight excluding hydrogens is 190 g/mol. The number of hydrogen-bond donors (Lipinski definition) is 1. The molecule has 0 unspecified atom stereocenters. The van der Waals surface area contributed by atoms with Crippen LogP contribution < -0.4 is 4.87 Å². The lowest BCUT2D eigenvalue weighted by Gasteiger charge is -1.97. The molecule has 1 N–H and O–H groups in total. The van der Waals surface area contributed by atoms with Crippen molar-refractivity contribution < 1.29 is 9.90 Å². The summed E-state index contributed by atoms with van der Waals surface area (Å²) < 4.78 is 1.22. The molecule has 0 atom stereocenters. The first-order valence-electron chi connectivity index (χ1n) is 3.92. The van der Waals surface area contributed by atoms with Gasteiger partial charge in [0, 0.05) is 11.1 Å². The number of thiazole rings is 1. The molecule has 0 radical (unpaired) electrons. The molecule has 0 aliphatic heterocycles. The van der Waals surface area contributed by atoms with E-state index in [9.17, 15) is 9.59 Å². The lowest BCUT2D eigenvalue weighted by molar-refractivity contribution is -0.137. The third-order valence-electron chi connectivity index (χ3n) is 1.60. The van der Waals surface area contributed by atoms with Gasteiger partial charge in [0.15, 0.2) is 0 Å². The molecule has 1 heterocycles. The summed E-state index contributed by atoms with van der Waals surface area (Å²) in [6, 6.07) is 0. The predicted octanol–water partition coefficient (Wildman–Crippen LogP) is 1.12. The highest BCUT2D eigenvalue weighted by Crippen LogP contribution is 2.16. The van der Waals surface area contributed by atoms with Gasteiger partial charge < -0.3 is 5.11 Å². The van der Waals surface area contributed by atoms with Gasteiger partial charge in [-0.2, -0.15) is 0 Å². The van der Waals surface area contributed by atoms with Crippen molar-refractivity contribution in [1.82, 2.24) is 4.57 Å². The Morgan fingerprint density at radius 1 is 1.69 bits per heavy atom. The molecule has 5 heteroatoms. The molecule has 0 spiro atoms. The zero-order chi connectivity index (χ0) is 10.0. The quantitative estimate of drug-likeness (QED) is 0.797. The van der Waals surface area contributed by atoms with Gasteiger partial charge in [-0.3, -0.25) is 14.2 Å². The van der Waals surface area contributed by atoms with Gasteiger partial charge >= 0.3 is 10.8 Å². The summed E-state index contributed by atoms with van der Waals surface area (Å²) in [5.41, 5.74) is 0. The summed E-state index contributed by atoms with van der Waals surface area (Å²) in [4.78, 5) is 22.3. The lowest BCUT2D eigenvalue weighted by Crippen LogP contribution is -2.17. The van der Waals surface area contributed by atoms with E-state index in [0.717, 1.165) is 16.2 Å². The molecule has 1 rings (SSSR count). The molecular formula is C8H11NO3S. The molecule has 0 saturated carbocycles. The van der Waals surface area contributed by atoms with Crippen LogP contribution >= 0.6 is 11.3 Å². The zero-order valence-electron chi connectivity index (χ0n) is 7.48. The average molecular weight is 201 g/mol. The molecule has 0 saturated heterocycles. The largest absolute Gasteiger partial charge is 0.480 e. The van der Waals surface area contributed by atoms with E-state index in [4.69, 9.17) is 5.11 Å². The van der Waals surface area contributed by atoms with Gasteiger partial charge in [0.2, 0.25) is 0 Å². The van der Waals surface area contributed by atoms with Crippen LogP contribution in [0.5, 0.6) is 0 Å². The van der Waals surface area contributed by atoms with Crippen LogP contribution in [-0.2, 0) is 11.3 Å². The van der Waals surface area contributed by atoms with E-state index in [1.165, 1.54) is 4.57 Å². The number of carbonyl (C=O) groups is 1. The third-order valence-corrected chi connectivity index (χ3v) is 2.82. The van der Waals surface area contributed by atoms with E-state index >= 15 is 0 Å². The monoisotopic (exact) mass is 201 g/mol. The highest BCUT2D eigenvalue weighted by atomic mass is 32.1. The van der Waals surface area contributed by atoms with Crippen LogP contribution in [0.2, 0.25) is 0 Å². The minimum Gasteiger partial charge on any atom is -0.480 e. The van der Waals surface area contributed by atoms with Crippen molar-refractivity contribution in [3.8, 4) is 0 Å². The summed E-state index contributed by atoms with van der Waals surface area (Å²) in [6.45, 7) is 3.69. The number of hydrogen-bond acceptors (Lipinski definition) is 3. The van der Waals surface area contributed by atoms with E-state index in [1.54, 1.807) is 6.20 Å². The molecule has 1 aromatic rings. The van der Waals surface area contributed by atoms with Gasteiger partial charge in [0.25, 0.3) is 0 Å². The first-order valence-corrected chi connectivity index (χ1v) is 4.74. The van der Waals surface area contributed by atoms with Gasteiger partial charge in [-0.1, -0.05) is 25.2 Å². The lowest BCUT2D eigenvalue weighted by atomic mass is 10.2. The highest BCUT2D eigenvalue weighted by molar-refractivity contribution is 7.09. The van der Waals surface area contributed by atoms with Crippen LogP contribution in [0.4, 0.5) is 0 Å². The van der Waals surface area contributed by atoms with Crippen molar-refractivity contribution in [2.75, 3.05) is 0 Å². The topological polar surface area (TPSA) is 59.3 Å². The number of aromatic nitrogens is 1. The van der Waals surface area contributed by atoms with E-state index in [2.05, 4.69) is 0 Å². The smallest absolute Gasteiger partial charge is 0.323 e. The minimum atomic E-state index is -0.991. The molecule has 0 aliphatic carbocycles. The van der Waals surface area contributed by atoms with Crippen molar-refractivity contribution in [1.29, 1.82) is 0 Å². The highest BCUT2D eigenvalue weighted by Gasteiger charge is 2.09. The Balaban J connectivity index is 2.97. The fourth-order valence-electron chi connectivity index (χ4n) is 0.915. The number of carboxylic acid groups (broad SMARTS) is 1. The second kappa shape index (κ2) is 3.74. The fourth-order valence-corrected chi connectivity index (χ4v) is 1.77. The molecule has 0 aliphatic rings. The zero-order valence-corrected chi connectivity index (χ0v) is 8.30. The normalized spacial score (nSPS) is 10.7. The Hall–Kier alpha value is -1.10. The Labute approximate surface area is 79.4 Å². The van der Waals surface area contributed by atoms with Crippen molar-refractivity contribution in [3.05, 3.63) is 20.7 Å². The van der Waals surface area contributed by atoms with Gasteiger partial charge in [0.1, 0.15) is 6.54 Å². The molecule has 0 bridgehead atoms. The maximum Gasteiger partial charge on any atom is 0.323 e. The van der Waals surface area contributed by atoms with Crippen molar-refractivity contribution in [3.63, 3.8) is 0 Å². The summed E-state index contributed by atoms with van der Waals surface area (Å²) in [7, 11) is 0. The number of carboxylic acids is 1. The average Bonchev–Trinajstić information content (AvgIpc) is 2.31. The number of nitrogens with zero attached hydrogens (tertiary/aromatic N) is 1. The second-order valence-electron chi connectivity index (χ2n) is 3.08. The van der Waals surface area contributed by atoms with Gasteiger partial charge in [0.05, 0.1) is 0 Å². The van der Waals surface area contributed by atoms with Crippen LogP contribution in [0.15, 0.2) is 11.0 Å². The van der Waals surface area contributed by atoms with Crippen LogP contribution in [0, 0.1) is 0 Å². The number of aliphatic carboxylic acids is 1. The molecule has 72 valence electrons. The Bertz CT molecular complexity index is 364.